The van der Waals surface area contributed by atoms with E-state index < -0.39 is 54.5 Å². The summed E-state index contributed by atoms with van der Waals surface area (Å²) in [7, 11) is 0. The van der Waals surface area contributed by atoms with Gasteiger partial charge < -0.3 is 20.6 Å². The topological polar surface area (TPSA) is 107 Å². The smallest absolute Gasteiger partial charge is 0.391 e. The second-order valence-electron chi connectivity index (χ2n) is 8.50. The molecule has 1 aliphatic heterocycles. The van der Waals surface area contributed by atoms with Gasteiger partial charge >= 0.3 is 6.18 Å². The van der Waals surface area contributed by atoms with Crippen LogP contribution in [0.15, 0.2) is 12.3 Å². The van der Waals surface area contributed by atoms with Gasteiger partial charge in [0.15, 0.2) is 5.01 Å². The molecule has 1 saturated carbocycles. The van der Waals surface area contributed by atoms with Crippen molar-refractivity contribution in [1.29, 1.82) is 0 Å². The molecule has 2 aliphatic rings. The van der Waals surface area contributed by atoms with Crippen molar-refractivity contribution in [2.24, 2.45) is 0 Å². The number of carbonyl (C=O) groups is 2. The third-order valence-corrected chi connectivity index (χ3v) is 6.88. The number of aliphatic hydroxyl groups excluding tert-OH is 1. The molecule has 37 heavy (non-hydrogen) atoms. The van der Waals surface area contributed by atoms with Crippen molar-refractivity contribution in [2.45, 2.75) is 70.8 Å². The number of amides is 2. The van der Waals surface area contributed by atoms with Crippen molar-refractivity contribution in [3.05, 3.63) is 28.5 Å². The lowest BCUT2D eigenvalue weighted by molar-refractivity contribution is -0.115. The molecule has 2 amide bonds. The molecule has 3 atom stereocenters. The van der Waals surface area contributed by atoms with Crippen LogP contribution in [0.2, 0.25) is 0 Å². The SMILES string of the molecule is CC.CC1CCCN1C(=O)c1nc(C(=O)NC2CC2O)sc1-c1cnc(NCC(F)(F)F)cc1C(F)F. The average molecular weight is 550 g/mol. The third-order valence-electron chi connectivity index (χ3n) is 5.80. The number of hydrogen-bond acceptors (Lipinski definition) is 7. The molecule has 3 unspecified atom stereocenters. The zero-order valence-corrected chi connectivity index (χ0v) is 21.2. The summed E-state index contributed by atoms with van der Waals surface area (Å²) in [6, 6.07) is 0.223. The molecule has 2 aromatic rings. The van der Waals surface area contributed by atoms with E-state index >= 15 is 0 Å². The van der Waals surface area contributed by atoms with Gasteiger partial charge in [0, 0.05) is 29.9 Å². The second-order valence-corrected chi connectivity index (χ2v) is 9.49. The molecule has 2 aromatic heterocycles. The fourth-order valence-corrected chi connectivity index (χ4v) is 4.80. The van der Waals surface area contributed by atoms with Gasteiger partial charge in [-0.1, -0.05) is 13.8 Å². The Balaban J connectivity index is 0.00000186. The highest BCUT2D eigenvalue weighted by Gasteiger charge is 2.38. The number of carbonyl (C=O) groups excluding carboxylic acids is 2. The van der Waals surface area contributed by atoms with E-state index in [2.05, 4.69) is 15.3 Å². The van der Waals surface area contributed by atoms with Crippen LogP contribution < -0.4 is 10.6 Å². The summed E-state index contributed by atoms with van der Waals surface area (Å²) in [4.78, 5) is 35.4. The number of aromatic nitrogens is 2. The summed E-state index contributed by atoms with van der Waals surface area (Å²) in [6.45, 7) is 4.82. The lowest BCUT2D eigenvalue weighted by Crippen LogP contribution is -2.34. The Bertz CT molecular complexity index is 1130. The molecule has 0 bridgehead atoms. The Kier molecular flexibility index (Phi) is 9.05. The quantitative estimate of drug-likeness (QED) is 0.435. The molecule has 3 heterocycles. The number of pyridine rings is 1. The number of halogens is 5. The molecule has 1 saturated heterocycles. The van der Waals surface area contributed by atoms with E-state index in [9.17, 15) is 36.6 Å². The summed E-state index contributed by atoms with van der Waals surface area (Å²) in [5, 5.41) is 13.8. The Hall–Kier alpha value is -2.87. The molecule has 0 aromatic carbocycles. The zero-order chi connectivity index (χ0) is 27.5. The van der Waals surface area contributed by atoms with Crippen molar-refractivity contribution in [3.63, 3.8) is 0 Å². The Morgan fingerprint density at radius 1 is 1.30 bits per heavy atom. The van der Waals surface area contributed by atoms with E-state index in [1.807, 2.05) is 26.1 Å². The monoisotopic (exact) mass is 549 g/mol. The fraction of sp³-hybridized carbons (Fsp3) is 0.565. The number of likely N-dealkylation sites (tertiary alicyclic amines) is 1. The van der Waals surface area contributed by atoms with Crippen LogP contribution in [0.1, 0.15) is 72.3 Å². The number of rotatable bonds is 7. The van der Waals surface area contributed by atoms with Crippen LogP contribution in [-0.2, 0) is 0 Å². The molecule has 0 radical (unpaired) electrons. The van der Waals surface area contributed by atoms with Crippen LogP contribution in [0.4, 0.5) is 27.8 Å². The summed E-state index contributed by atoms with van der Waals surface area (Å²) >= 11 is 0.709. The molecule has 204 valence electrons. The van der Waals surface area contributed by atoms with Crippen LogP contribution in [0.3, 0.4) is 0 Å². The summed E-state index contributed by atoms with van der Waals surface area (Å²) in [5.74, 6) is -1.61. The standard InChI is InChI=1S/C21H22F5N5O3S.C2H6/c1-9-3-2-4-31(9)20(34)15-16(35-19(30-15)18(33)29-12-6-13(12)32)11-7-27-14(5-10(11)17(22)23)28-8-21(24,25)26;1-2/h5,7,9,12-13,17,32H,2-4,6,8H2,1H3,(H,27,28)(H,29,33);1-2H3. The van der Waals surface area contributed by atoms with Gasteiger partial charge in [0.25, 0.3) is 18.2 Å². The highest BCUT2D eigenvalue weighted by Crippen LogP contribution is 2.39. The van der Waals surface area contributed by atoms with Crippen LogP contribution in [0.5, 0.6) is 0 Å². The molecule has 0 spiro atoms. The number of thiazole rings is 1. The molecule has 14 heteroatoms. The lowest BCUT2D eigenvalue weighted by atomic mass is 10.1. The van der Waals surface area contributed by atoms with Gasteiger partial charge in [0.1, 0.15) is 18.1 Å². The van der Waals surface area contributed by atoms with Crippen molar-refractivity contribution in [3.8, 4) is 10.4 Å². The van der Waals surface area contributed by atoms with E-state index in [0.717, 1.165) is 25.1 Å². The van der Waals surface area contributed by atoms with E-state index in [-0.39, 0.29) is 27.2 Å². The van der Waals surface area contributed by atoms with Crippen LogP contribution in [-0.4, -0.2) is 69.2 Å². The minimum absolute atomic E-state index is 0.0271. The van der Waals surface area contributed by atoms with E-state index in [4.69, 9.17) is 0 Å². The maximum Gasteiger partial charge on any atom is 0.405 e. The number of nitrogens with one attached hydrogen (secondary N) is 2. The molecule has 3 N–H and O–H groups in total. The minimum Gasteiger partial charge on any atom is -0.391 e. The first-order valence-electron chi connectivity index (χ1n) is 11.8. The van der Waals surface area contributed by atoms with Crippen molar-refractivity contribution in [2.75, 3.05) is 18.4 Å². The first-order valence-corrected chi connectivity index (χ1v) is 12.7. The van der Waals surface area contributed by atoms with Gasteiger partial charge in [0.05, 0.1) is 17.0 Å². The largest absolute Gasteiger partial charge is 0.405 e. The third kappa shape index (κ3) is 6.92. The molecule has 2 fully saturated rings. The van der Waals surface area contributed by atoms with Gasteiger partial charge in [-0.05, 0) is 32.3 Å². The molecular weight excluding hydrogens is 521 g/mol. The van der Waals surface area contributed by atoms with Gasteiger partial charge in [-0.25, -0.2) is 18.7 Å². The average Bonchev–Trinajstić information content (AvgIpc) is 3.22. The normalized spacial score (nSPS) is 20.9. The van der Waals surface area contributed by atoms with Gasteiger partial charge in [-0.15, -0.1) is 11.3 Å². The highest BCUT2D eigenvalue weighted by atomic mass is 32.1. The lowest BCUT2D eigenvalue weighted by Gasteiger charge is -2.21. The Morgan fingerprint density at radius 2 is 1.97 bits per heavy atom. The molecule has 8 nitrogen and oxygen atoms in total. The van der Waals surface area contributed by atoms with E-state index in [0.29, 0.717) is 24.3 Å². The van der Waals surface area contributed by atoms with Crippen LogP contribution >= 0.6 is 11.3 Å². The second kappa shape index (κ2) is 11.7. The Morgan fingerprint density at radius 3 is 2.51 bits per heavy atom. The summed E-state index contributed by atoms with van der Waals surface area (Å²) < 4.78 is 65.5. The molecule has 1 aliphatic carbocycles. The van der Waals surface area contributed by atoms with Gasteiger partial charge in [0.2, 0.25) is 0 Å². The van der Waals surface area contributed by atoms with Gasteiger partial charge in [-0.3, -0.25) is 9.59 Å². The minimum atomic E-state index is -4.58. The molecular formula is C23H28F5N5O3S. The number of hydrogen-bond donors (Lipinski definition) is 3. The van der Waals surface area contributed by atoms with E-state index in [1.54, 1.807) is 4.90 Å². The predicted octanol–water partition coefficient (Wildman–Crippen LogP) is 4.63. The first kappa shape index (κ1) is 28.7. The van der Waals surface area contributed by atoms with Crippen LogP contribution in [0.25, 0.3) is 10.4 Å². The summed E-state index contributed by atoms with van der Waals surface area (Å²) in [5.41, 5.74) is -1.05. The highest BCUT2D eigenvalue weighted by molar-refractivity contribution is 7.17. The fourth-order valence-electron chi connectivity index (χ4n) is 3.81. The maximum atomic E-state index is 14.0. The number of nitrogens with zero attached hydrogens (tertiary/aromatic N) is 3. The van der Waals surface area contributed by atoms with Crippen molar-refractivity contribution in [1.82, 2.24) is 20.2 Å². The summed E-state index contributed by atoms with van der Waals surface area (Å²) in [6.07, 6.45) is -5.54. The van der Waals surface area contributed by atoms with E-state index in [1.165, 1.54) is 0 Å². The number of anilines is 1. The Labute approximate surface area is 214 Å². The number of aliphatic hydroxyl groups is 1. The zero-order valence-electron chi connectivity index (χ0n) is 20.4. The number of alkyl halides is 5. The maximum absolute atomic E-state index is 14.0. The first-order chi connectivity index (χ1) is 17.4. The van der Waals surface area contributed by atoms with Gasteiger partial charge in [-0.2, -0.15) is 13.2 Å². The van der Waals surface area contributed by atoms with Crippen molar-refractivity contribution >= 4 is 29.0 Å². The van der Waals surface area contributed by atoms with Crippen LogP contribution in [0, 0.1) is 0 Å². The molecule has 4 rings (SSSR count). The predicted molar refractivity (Wildman–Crippen MR) is 128 cm³/mol. The van der Waals surface area contributed by atoms with Crippen molar-refractivity contribution < 1.29 is 36.6 Å².